The van der Waals surface area contributed by atoms with Crippen LogP contribution in [0.4, 0.5) is 5.69 Å². The molecule has 0 saturated heterocycles. The predicted octanol–water partition coefficient (Wildman–Crippen LogP) is 4.07. The van der Waals surface area contributed by atoms with E-state index in [4.69, 9.17) is 5.73 Å². The molecule has 1 aromatic carbocycles. The summed E-state index contributed by atoms with van der Waals surface area (Å²) < 4.78 is 1.14. The lowest BCUT2D eigenvalue weighted by Gasteiger charge is -2.30. The van der Waals surface area contributed by atoms with Crippen LogP contribution >= 0.6 is 15.9 Å². The van der Waals surface area contributed by atoms with Gasteiger partial charge in [0.05, 0.1) is 0 Å². The summed E-state index contributed by atoms with van der Waals surface area (Å²) in [6, 6.07) is 6.53. The smallest absolute Gasteiger partial charge is 0.0410 e. The normalized spacial score (nSPS) is 11.4. The van der Waals surface area contributed by atoms with Gasteiger partial charge in [-0.05, 0) is 42.5 Å². The van der Waals surface area contributed by atoms with Crippen molar-refractivity contribution >= 4 is 21.6 Å². The fourth-order valence-electron chi connectivity index (χ4n) is 2.35. The molecule has 2 N–H and O–H groups in total. The van der Waals surface area contributed by atoms with Gasteiger partial charge in [-0.15, -0.1) is 0 Å². The van der Waals surface area contributed by atoms with Gasteiger partial charge in [-0.3, -0.25) is 0 Å². The largest absolute Gasteiger partial charge is 0.371 e. The lowest BCUT2D eigenvalue weighted by molar-refractivity contribution is 0.551. The molecule has 0 aliphatic rings. The molecule has 0 amide bonds. The molecular weight excluding hydrogens is 300 g/mol. The summed E-state index contributed by atoms with van der Waals surface area (Å²) in [5, 5.41) is 0. The number of nitrogens with two attached hydrogens (primary N) is 1. The molecule has 19 heavy (non-hydrogen) atoms. The maximum absolute atomic E-state index is 5.74. The van der Waals surface area contributed by atoms with Gasteiger partial charge in [0.2, 0.25) is 0 Å². The van der Waals surface area contributed by atoms with E-state index < -0.39 is 0 Å². The molecule has 3 heteroatoms. The van der Waals surface area contributed by atoms with Crippen molar-refractivity contribution in [2.45, 2.75) is 34.1 Å². The summed E-state index contributed by atoms with van der Waals surface area (Å²) in [7, 11) is 0. The first kappa shape index (κ1) is 16.5. The molecule has 0 atom stereocenters. The van der Waals surface area contributed by atoms with Crippen LogP contribution in [0.25, 0.3) is 0 Å². The van der Waals surface area contributed by atoms with E-state index in [0.29, 0.717) is 18.4 Å². The van der Waals surface area contributed by atoms with Crippen molar-refractivity contribution in [1.29, 1.82) is 0 Å². The van der Waals surface area contributed by atoms with Gasteiger partial charge < -0.3 is 10.6 Å². The van der Waals surface area contributed by atoms with Crippen LogP contribution in [0.1, 0.15) is 33.3 Å². The number of hydrogen-bond donors (Lipinski definition) is 1. The molecule has 0 bridgehead atoms. The fourth-order valence-corrected chi connectivity index (χ4v) is 2.70. The number of anilines is 1. The van der Waals surface area contributed by atoms with Crippen molar-refractivity contribution in [1.82, 2.24) is 0 Å². The van der Waals surface area contributed by atoms with E-state index in [1.807, 2.05) is 0 Å². The average molecular weight is 327 g/mol. The Bertz CT molecular complexity index is 378. The Hall–Kier alpha value is -0.540. The lowest BCUT2D eigenvalue weighted by atomic mass is 10.1. The van der Waals surface area contributed by atoms with Crippen LogP contribution in [0.3, 0.4) is 0 Å². The molecule has 0 aromatic heterocycles. The van der Waals surface area contributed by atoms with Crippen molar-refractivity contribution in [3.63, 3.8) is 0 Å². The number of nitrogens with zero attached hydrogens (tertiary/aromatic N) is 1. The highest BCUT2D eigenvalue weighted by Crippen LogP contribution is 2.27. The van der Waals surface area contributed by atoms with Crippen LogP contribution < -0.4 is 10.6 Å². The summed E-state index contributed by atoms with van der Waals surface area (Å²) in [5.74, 6) is 1.31. The highest BCUT2D eigenvalue weighted by atomic mass is 79.9. The topological polar surface area (TPSA) is 29.3 Å². The van der Waals surface area contributed by atoms with Crippen molar-refractivity contribution in [2.75, 3.05) is 24.5 Å². The Morgan fingerprint density at radius 3 is 2.16 bits per heavy atom. The first-order chi connectivity index (χ1) is 8.93. The van der Waals surface area contributed by atoms with Gasteiger partial charge in [0.1, 0.15) is 0 Å². The Morgan fingerprint density at radius 2 is 1.68 bits per heavy atom. The maximum Gasteiger partial charge on any atom is 0.0410 e. The molecule has 0 unspecified atom stereocenters. The third-order valence-electron chi connectivity index (χ3n) is 2.97. The van der Waals surface area contributed by atoms with Crippen molar-refractivity contribution in [3.8, 4) is 0 Å². The molecule has 0 spiro atoms. The van der Waals surface area contributed by atoms with E-state index in [1.54, 1.807) is 0 Å². The van der Waals surface area contributed by atoms with E-state index in [9.17, 15) is 0 Å². The van der Waals surface area contributed by atoms with Crippen LogP contribution in [0.2, 0.25) is 0 Å². The standard InChI is InChI=1S/C16H27BrN2/c1-12(2)10-19(11-13(3)4)16-9-15(17)6-5-14(16)7-8-18/h5-6,9,12-13H,7-8,10-11,18H2,1-4H3. The Morgan fingerprint density at radius 1 is 1.11 bits per heavy atom. The zero-order chi connectivity index (χ0) is 14.4. The third-order valence-corrected chi connectivity index (χ3v) is 3.47. The number of rotatable bonds is 7. The van der Waals surface area contributed by atoms with Gasteiger partial charge in [0, 0.05) is 23.2 Å². The maximum atomic E-state index is 5.74. The van der Waals surface area contributed by atoms with E-state index in [2.05, 4.69) is 66.7 Å². The molecule has 0 saturated carbocycles. The second-order valence-corrected chi connectivity index (χ2v) is 6.92. The second-order valence-electron chi connectivity index (χ2n) is 6.00. The molecule has 0 aliphatic carbocycles. The summed E-state index contributed by atoms with van der Waals surface area (Å²) >= 11 is 3.59. The number of halogens is 1. The summed E-state index contributed by atoms with van der Waals surface area (Å²) in [6.07, 6.45) is 0.940. The van der Waals surface area contributed by atoms with Crippen molar-refractivity contribution in [2.24, 2.45) is 17.6 Å². The summed E-state index contributed by atoms with van der Waals surface area (Å²) in [4.78, 5) is 2.51. The first-order valence-electron chi connectivity index (χ1n) is 7.17. The van der Waals surface area contributed by atoms with E-state index in [0.717, 1.165) is 24.0 Å². The molecule has 108 valence electrons. The number of benzene rings is 1. The van der Waals surface area contributed by atoms with Gasteiger partial charge in [-0.1, -0.05) is 49.7 Å². The Kier molecular flexibility index (Phi) is 6.87. The molecule has 2 nitrogen and oxygen atoms in total. The molecule has 0 fully saturated rings. The third kappa shape index (κ3) is 5.53. The van der Waals surface area contributed by atoms with Crippen LogP contribution in [0, 0.1) is 11.8 Å². The summed E-state index contributed by atoms with van der Waals surface area (Å²) in [6.45, 7) is 12.0. The first-order valence-corrected chi connectivity index (χ1v) is 7.96. The minimum atomic E-state index is 0.656. The minimum Gasteiger partial charge on any atom is -0.371 e. The monoisotopic (exact) mass is 326 g/mol. The Labute approximate surface area is 126 Å². The zero-order valence-electron chi connectivity index (χ0n) is 12.6. The highest BCUT2D eigenvalue weighted by Gasteiger charge is 2.14. The van der Waals surface area contributed by atoms with Crippen molar-refractivity contribution in [3.05, 3.63) is 28.2 Å². The van der Waals surface area contributed by atoms with Crippen LogP contribution in [0.15, 0.2) is 22.7 Å². The van der Waals surface area contributed by atoms with Crippen molar-refractivity contribution < 1.29 is 0 Å². The van der Waals surface area contributed by atoms with Crippen LogP contribution in [0.5, 0.6) is 0 Å². The fraction of sp³-hybridized carbons (Fsp3) is 0.625. The molecule has 1 aromatic rings. The SMILES string of the molecule is CC(C)CN(CC(C)C)c1cc(Br)ccc1CCN. The van der Waals surface area contributed by atoms with Gasteiger partial charge in [0.25, 0.3) is 0 Å². The van der Waals surface area contributed by atoms with E-state index >= 15 is 0 Å². The highest BCUT2D eigenvalue weighted by molar-refractivity contribution is 9.10. The van der Waals surface area contributed by atoms with Gasteiger partial charge in [0.15, 0.2) is 0 Å². The van der Waals surface area contributed by atoms with Gasteiger partial charge in [-0.25, -0.2) is 0 Å². The molecule has 0 aliphatic heterocycles. The average Bonchev–Trinajstić information content (AvgIpc) is 2.29. The zero-order valence-corrected chi connectivity index (χ0v) is 14.2. The molecule has 0 heterocycles. The second kappa shape index (κ2) is 7.91. The molecular formula is C16H27BrN2. The predicted molar refractivity (Wildman–Crippen MR) is 88.8 cm³/mol. The molecule has 0 radical (unpaired) electrons. The van der Waals surface area contributed by atoms with Crippen LogP contribution in [-0.2, 0) is 6.42 Å². The molecule has 1 rings (SSSR count). The van der Waals surface area contributed by atoms with E-state index in [-0.39, 0.29) is 0 Å². The van der Waals surface area contributed by atoms with Gasteiger partial charge >= 0.3 is 0 Å². The number of hydrogen-bond acceptors (Lipinski definition) is 2. The van der Waals surface area contributed by atoms with E-state index in [1.165, 1.54) is 11.3 Å². The van der Waals surface area contributed by atoms with Crippen LogP contribution in [-0.4, -0.2) is 19.6 Å². The summed E-state index contributed by atoms with van der Waals surface area (Å²) in [5.41, 5.74) is 8.43. The minimum absolute atomic E-state index is 0.656. The lowest BCUT2D eigenvalue weighted by Crippen LogP contribution is -2.32. The van der Waals surface area contributed by atoms with Gasteiger partial charge in [-0.2, -0.15) is 0 Å². The quantitative estimate of drug-likeness (QED) is 0.818. The Balaban J connectivity index is 3.07.